The van der Waals surface area contributed by atoms with Gasteiger partial charge in [-0.05, 0) is 26.0 Å². The van der Waals surface area contributed by atoms with E-state index in [-0.39, 0.29) is 17.7 Å². The van der Waals surface area contributed by atoms with Gasteiger partial charge in [-0.1, -0.05) is 12.1 Å². The first-order valence-corrected chi connectivity index (χ1v) is 8.12. The van der Waals surface area contributed by atoms with E-state index in [1.807, 2.05) is 0 Å². The molecule has 1 aliphatic rings. The van der Waals surface area contributed by atoms with E-state index in [0.717, 1.165) is 0 Å². The molecule has 122 valence electrons. The number of rotatable bonds is 4. The maximum absolute atomic E-state index is 12.2. The van der Waals surface area contributed by atoms with Crippen LogP contribution in [0.15, 0.2) is 39.9 Å². The van der Waals surface area contributed by atoms with Crippen LogP contribution in [-0.4, -0.2) is 25.9 Å². The van der Waals surface area contributed by atoms with Gasteiger partial charge in [0.2, 0.25) is 5.91 Å². The van der Waals surface area contributed by atoms with E-state index in [0.29, 0.717) is 17.0 Å². The number of carbonyl (C=O) groups excluding carboxylic acids is 2. The molecule has 0 saturated carbocycles. The molecule has 1 heterocycles. The molecule has 0 atom stereocenters. The molecule has 0 spiro atoms. The maximum Gasteiger partial charge on any atom is 0.342 e. The fraction of sp³-hybridized carbons (Fsp3) is 0.214. The molecule has 23 heavy (non-hydrogen) atoms. The molecule has 2 amide bonds. The second-order valence-corrected chi connectivity index (χ2v) is 6.33. The largest absolute Gasteiger partial charge is 0.366 e. The molecule has 2 rings (SSSR count). The molecule has 0 bridgehead atoms. The molecular weight excluding hydrogens is 320 g/mol. The van der Waals surface area contributed by atoms with E-state index in [1.54, 1.807) is 25.1 Å². The number of allylic oxidation sites excluding steroid dienone is 1. The van der Waals surface area contributed by atoms with Crippen molar-refractivity contribution in [2.24, 2.45) is 10.1 Å². The molecule has 0 fully saturated rings. The molecule has 0 radical (unpaired) electrons. The SMILES string of the molecule is CC1=NS(=O)(=O)NC(C)=C1CC(=O)Nc1ccccc1C(N)=O. The van der Waals surface area contributed by atoms with E-state index in [4.69, 9.17) is 5.73 Å². The van der Waals surface area contributed by atoms with Crippen molar-refractivity contribution in [3.05, 3.63) is 41.1 Å². The van der Waals surface area contributed by atoms with Crippen LogP contribution in [0, 0.1) is 0 Å². The summed E-state index contributed by atoms with van der Waals surface area (Å²) in [6.07, 6.45) is -0.0865. The Kier molecular flexibility index (Phi) is 4.50. The zero-order valence-electron chi connectivity index (χ0n) is 12.6. The summed E-state index contributed by atoms with van der Waals surface area (Å²) in [4.78, 5) is 23.5. The summed E-state index contributed by atoms with van der Waals surface area (Å²) in [7, 11) is -3.74. The van der Waals surface area contributed by atoms with Gasteiger partial charge in [-0.3, -0.25) is 14.3 Å². The molecular formula is C14H16N4O4S. The van der Waals surface area contributed by atoms with Crippen LogP contribution in [0.1, 0.15) is 30.6 Å². The van der Waals surface area contributed by atoms with Gasteiger partial charge >= 0.3 is 10.2 Å². The lowest BCUT2D eigenvalue weighted by Crippen LogP contribution is -2.29. The fourth-order valence-corrected chi connectivity index (χ4v) is 3.23. The molecule has 0 saturated heterocycles. The Bertz CT molecular complexity index is 840. The molecule has 9 heteroatoms. The number of benzene rings is 1. The number of primary amides is 1. The van der Waals surface area contributed by atoms with E-state index in [9.17, 15) is 18.0 Å². The van der Waals surface area contributed by atoms with Crippen LogP contribution in [0.25, 0.3) is 0 Å². The predicted octanol–water partition coefficient (Wildman–Crippen LogP) is 0.697. The van der Waals surface area contributed by atoms with Crippen LogP contribution in [0.4, 0.5) is 5.69 Å². The van der Waals surface area contributed by atoms with Gasteiger partial charge in [0, 0.05) is 11.3 Å². The molecule has 1 aromatic carbocycles. The standard InChI is InChI=1S/C14H16N4O4S/c1-8-11(9(2)18-23(21,22)17-8)7-13(19)16-12-6-4-3-5-10(12)14(15)20/h3-6,17H,7H2,1-2H3,(H2,15,20)(H,16,19). The summed E-state index contributed by atoms with van der Waals surface area (Å²) < 4.78 is 28.6. The average molecular weight is 336 g/mol. The van der Waals surface area contributed by atoms with Crippen molar-refractivity contribution in [2.45, 2.75) is 20.3 Å². The van der Waals surface area contributed by atoms with Gasteiger partial charge in [0.05, 0.1) is 23.4 Å². The number of nitrogens with zero attached hydrogens (tertiary/aromatic N) is 1. The number of hydrogen-bond donors (Lipinski definition) is 3. The lowest BCUT2D eigenvalue weighted by molar-refractivity contribution is -0.115. The van der Waals surface area contributed by atoms with Gasteiger partial charge in [-0.15, -0.1) is 4.40 Å². The highest BCUT2D eigenvalue weighted by atomic mass is 32.2. The summed E-state index contributed by atoms with van der Waals surface area (Å²) in [5.41, 5.74) is 6.82. The Morgan fingerprint density at radius 2 is 1.91 bits per heavy atom. The number of nitrogens with one attached hydrogen (secondary N) is 2. The third kappa shape index (κ3) is 3.95. The Labute approximate surface area is 133 Å². The zero-order chi connectivity index (χ0) is 17.2. The van der Waals surface area contributed by atoms with Crippen molar-refractivity contribution < 1.29 is 18.0 Å². The number of amides is 2. The number of anilines is 1. The van der Waals surface area contributed by atoms with Crippen molar-refractivity contribution in [1.82, 2.24) is 4.72 Å². The Morgan fingerprint density at radius 1 is 1.26 bits per heavy atom. The Hall–Kier alpha value is -2.68. The first-order chi connectivity index (χ1) is 10.7. The minimum absolute atomic E-state index is 0.0865. The second kappa shape index (κ2) is 6.21. The minimum atomic E-state index is -3.74. The van der Waals surface area contributed by atoms with Gasteiger partial charge in [0.15, 0.2) is 0 Å². The highest BCUT2D eigenvalue weighted by Crippen LogP contribution is 2.19. The second-order valence-electron chi connectivity index (χ2n) is 4.99. The van der Waals surface area contributed by atoms with Crippen LogP contribution < -0.4 is 15.8 Å². The molecule has 0 aromatic heterocycles. The third-order valence-corrected chi connectivity index (χ3v) is 4.31. The number of nitrogens with two attached hydrogens (primary N) is 1. The van der Waals surface area contributed by atoms with Crippen molar-refractivity contribution in [1.29, 1.82) is 0 Å². The topological polar surface area (TPSA) is 131 Å². The van der Waals surface area contributed by atoms with E-state index < -0.39 is 22.0 Å². The first kappa shape index (κ1) is 16.7. The predicted molar refractivity (Wildman–Crippen MR) is 86.1 cm³/mol. The van der Waals surface area contributed by atoms with Crippen LogP contribution >= 0.6 is 0 Å². The van der Waals surface area contributed by atoms with E-state index >= 15 is 0 Å². The highest BCUT2D eigenvalue weighted by Gasteiger charge is 2.22. The van der Waals surface area contributed by atoms with Crippen molar-refractivity contribution >= 4 is 33.4 Å². The van der Waals surface area contributed by atoms with Crippen LogP contribution in [0.5, 0.6) is 0 Å². The third-order valence-electron chi connectivity index (χ3n) is 3.23. The summed E-state index contributed by atoms with van der Waals surface area (Å²) in [6.45, 7) is 3.07. The van der Waals surface area contributed by atoms with Crippen molar-refractivity contribution in [3.63, 3.8) is 0 Å². The molecule has 4 N–H and O–H groups in total. The maximum atomic E-state index is 12.2. The Morgan fingerprint density at radius 3 is 2.52 bits per heavy atom. The Balaban J connectivity index is 2.18. The molecule has 0 unspecified atom stereocenters. The quantitative estimate of drug-likeness (QED) is 0.746. The highest BCUT2D eigenvalue weighted by molar-refractivity contribution is 7.88. The minimum Gasteiger partial charge on any atom is -0.366 e. The first-order valence-electron chi connectivity index (χ1n) is 6.68. The summed E-state index contributed by atoms with van der Waals surface area (Å²) >= 11 is 0. The zero-order valence-corrected chi connectivity index (χ0v) is 13.4. The molecule has 8 nitrogen and oxygen atoms in total. The molecule has 0 aliphatic carbocycles. The average Bonchev–Trinajstić information content (AvgIpc) is 2.42. The fourth-order valence-electron chi connectivity index (χ4n) is 2.21. The molecule has 1 aromatic rings. The molecule has 1 aliphatic heterocycles. The summed E-state index contributed by atoms with van der Waals surface area (Å²) in [6, 6.07) is 6.36. The van der Waals surface area contributed by atoms with Crippen LogP contribution in [0.3, 0.4) is 0 Å². The lowest BCUT2D eigenvalue weighted by Gasteiger charge is -2.18. The smallest absolute Gasteiger partial charge is 0.342 e. The number of hydrogen-bond acceptors (Lipinski definition) is 4. The van der Waals surface area contributed by atoms with Crippen molar-refractivity contribution in [3.8, 4) is 0 Å². The van der Waals surface area contributed by atoms with E-state index in [1.165, 1.54) is 13.0 Å². The normalized spacial score (nSPS) is 16.3. The van der Waals surface area contributed by atoms with Crippen LogP contribution in [0.2, 0.25) is 0 Å². The van der Waals surface area contributed by atoms with Gasteiger partial charge in [0.25, 0.3) is 5.91 Å². The van der Waals surface area contributed by atoms with Crippen molar-refractivity contribution in [2.75, 3.05) is 5.32 Å². The van der Waals surface area contributed by atoms with Gasteiger partial charge in [-0.25, -0.2) is 0 Å². The number of para-hydroxylation sites is 1. The van der Waals surface area contributed by atoms with Crippen LogP contribution in [-0.2, 0) is 15.0 Å². The van der Waals surface area contributed by atoms with Gasteiger partial charge in [0.1, 0.15) is 0 Å². The summed E-state index contributed by atoms with van der Waals surface area (Å²) in [5.74, 6) is -1.07. The summed E-state index contributed by atoms with van der Waals surface area (Å²) in [5, 5.41) is 2.59. The van der Waals surface area contributed by atoms with Gasteiger partial charge < -0.3 is 11.1 Å². The van der Waals surface area contributed by atoms with E-state index in [2.05, 4.69) is 14.4 Å². The number of carbonyl (C=O) groups is 2. The lowest BCUT2D eigenvalue weighted by atomic mass is 10.1. The van der Waals surface area contributed by atoms with Gasteiger partial charge in [-0.2, -0.15) is 8.42 Å². The monoisotopic (exact) mass is 336 g/mol.